The van der Waals surface area contributed by atoms with Crippen molar-refractivity contribution in [1.82, 2.24) is 15.1 Å². The number of alkyl halides is 2. The molecule has 1 aromatic carbocycles. The van der Waals surface area contributed by atoms with Gasteiger partial charge in [0.05, 0.1) is 5.69 Å². The molecule has 0 bridgehead atoms. The number of nitrogens with one attached hydrogen (secondary N) is 1. The van der Waals surface area contributed by atoms with Gasteiger partial charge in [0.2, 0.25) is 5.92 Å². The molecule has 0 spiro atoms. The maximum Gasteiger partial charge on any atom is 0.269 e. The summed E-state index contributed by atoms with van der Waals surface area (Å²) in [7, 11) is 1.64. The smallest absolute Gasteiger partial charge is 0.269 e. The van der Waals surface area contributed by atoms with Gasteiger partial charge < -0.3 is 5.32 Å². The molecule has 0 unspecified atom stereocenters. The highest BCUT2D eigenvalue weighted by Crippen LogP contribution is 2.33. The van der Waals surface area contributed by atoms with E-state index in [1.54, 1.807) is 25.2 Å². The minimum absolute atomic E-state index is 0.204. The predicted octanol–water partition coefficient (Wildman–Crippen LogP) is 3.53. The molecule has 1 fully saturated rings. The van der Waals surface area contributed by atoms with Crippen molar-refractivity contribution in [2.75, 3.05) is 0 Å². The molecule has 1 heterocycles. The van der Waals surface area contributed by atoms with Gasteiger partial charge in [-0.05, 0) is 43.2 Å². The van der Waals surface area contributed by atoms with E-state index in [-0.39, 0.29) is 43.4 Å². The Bertz CT molecular complexity index is 730. The summed E-state index contributed by atoms with van der Waals surface area (Å²) in [6.07, 6.45) is 0.122. The van der Waals surface area contributed by atoms with Crippen LogP contribution in [-0.2, 0) is 7.05 Å². The lowest BCUT2D eigenvalue weighted by molar-refractivity contribution is -0.0399. The number of rotatable bonds is 3. The number of carbonyl (C=O) groups is 1. The van der Waals surface area contributed by atoms with E-state index >= 15 is 0 Å². The molecule has 1 amide bonds. The van der Waals surface area contributed by atoms with Crippen LogP contribution in [-0.4, -0.2) is 27.7 Å². The summed E-state index contributed by atoms with van der Waals surface area (Å²) in [5.41, 5.74) is 1.59. The van der Waals surface area contributed by atoms with E-state index in [0.717, 1.165) is 0 Å². The van der Waals surface area contributed by atoms with E-state index in [4.69, 9.17) is 0 Å². The van der Waals surface area contributed by atoms with Gasteiger partial charge in [-0.3, -0.25) is 9.48 Å². The molecule has 128 valence electrons. The molecule has 0 atom stereocenters. The first kappa shape index (κ1) is 16.5. The Morgan fingerprint density at radius 3 is 2.50 bits per heavy atom. The summed E-state index contributed by atoms with van der Waals surface area (Å²) >= 11 is 0. The highest BCUT2D eigenvalue weighted by molar-refractivity contribution is 5.93. The van der Waals surface area contributed by atoms with E-state index in [1.807, 2.05) is 0 Å². The molecule has 1 N–H and O–H groups in total. The van der Waals surface area contributed by atoms with Crippen molar-refractivity contribution in [3.8, 4) is 11.3 Å². The van der Waals surface area contributed by atoms with Gasteiger partial charge in [0.15, 0.2) is 0 Å². The first-order chi connectivity index (χ1) is 11.3. The van der Waals surface area contributed by atoms with Gasteiger partial charge in [0, 0.05) is 31.5 Å². The lowest BCUT2D eigenvalue weighted by atomic mass is 9.92. The molecule has 2 aromatic rings. The zero-order valence-electron chi connectivity index (χ0n) is 13.2. The molecule has 0 saturated heterocycles. The van der Waals surface area contributed by atoms with Gasteiger partial charge in [-0.15, -0.1) is 0 Å². The highest BCUT2D eigenvalue weighted by Gasteiger charge is 2.35. The van der Waals surface area contributed by atoms with Crippen molar-refractivity contribution in [1.29, 1.82) is 0 Å². The number of amides is 1. The van der Waals surface area contributed by atoms with Gasteiger partial charge in [0.25, 0.3) is 5.91 Å². The molecular formula is C17H18F3N3O. The standard InChI is InChI=1S/C17H18F3N3O/c1-23-15(10-14(22-23)11-2-4-12(18)5-3-11)16(24)21-13-6-8-17(19,20)9-7-13/h2-5,10,13H,6-9H2,1H3,(H,21,24). The van der Waals surface area contributed by atoms with Crippen molar-refractivity contribution in [3.63, 3.8) is 0 Å². The second-order valence-electron chi connectivity index (χ2n) is 6.15. The van der Waals surface area contributed by atoms with Crippen LogP contribution in [0.5, 0.6) is 0 Å². The number of benzene rings is 1. The van der Waals surface area contributed by atoms with Crippen LogP contribution in [0.3, 0.4) is 0 Å². The fourth-order valence-electron chi connectivity index (χ4n) is 2.89. The first-order valence-corrected chi connectivity index (χ1v) is 7.83. The summed E-state index contributed by atoms with van der Waals surface area (Å²) in [4.78, 5) is 12.4. The molecular weight excluding hydrogens is 319 g/mol. The molecule has 1 aliphatic carbocycles. The summed E-state index contributed by atoms with van der Waals surface area (Å²) in [5.74, 6) is -3.31. The van der Waals surface area contributed by atoms with Crippen molar-refractivity contribution < 1.29 is 18.0 Å². The summed E-state index contributed by atoms with van der Waals surface area (Å²) < 4.78 is 40.8. The van der Waals surface area contributed by atoms with Gasteiger partial charge in [-0.25, -0.2) is 13.2 Å². The molecule has 3 rings (SSSR count). The second kappa shape index (κ2) is 6.30. The van der Waals surface area contributed by atoms with Crippen molar-refractivity contribution >= 4 is 5.91 Å². The molecule has 0 aliphatic heterocycles. The number of hydrogen-bond donors (Lipinski definition) is 1. The Labute approximate surface area is 137 Å². The second-order valence-corrected chi connectivity index (χ2v) is 6.15. The molecule has 0 radical (unpaired) electrons. The monoisotopic (exact) mass is 337 g/mol. The van der Waals surface area contributed by atoms with Crippen LogP contribution >= 0.6 is 0 Å². The minimum Gasteiger partial charge on any atom is -0.348 e. The van der Waals surface area contributed by atoms with E-state index in [2.05, 4.69) is 10.4 Å². The quantitative estimate of drug-likeness (QED) is 0.931. The number of aryl methyl sites for hydroxylation is 1. The number of carbonyl (C=O) groups excluding carboxylic acids is 1. The summed E-state index contributed by atoms with van der Waals surface area (Å²) in [6, 6.07) is 7.18. The topological polar surface area (TPSA) is 46.9 Å². The lowest BCUT2D eigenvalue weighted by Crippen LogP contribution is -2.40. The number of nitrogens with zero attached hydrogens (tertiary/aromatic N) is 2. The SMILES string of the molecule is Cn1nc(-c2ccc(F)cc2)cc1C(=O)NC1CCC(F)(F)CC1. The third-order valence-corrected chi connectivity index (χ3v) is 4.30. The average Bonchev–Trinajstić information content (AvgIpc) is 2.92. The minimum atomic E-state index is -2.62. The Kier molecular flexibility index (Phi) is 4.34. The Morgan fingerprint density at radius 2 is 1.88 bits per heavy atom. The summed E-state index contributed by atoms with van der Waals surface area (Å²) in [5, 5.41) is 7.06. The van der Waals surface area contributed by atoms with E-state index in [9.17, 15) is 18.0 Å². The van der Waals surface area contributed by atoms with Gasteiger partial charge in [0.1, 0.15) is 11.5 Å². The van der Waals surface area contributed by atoms with Gasteiger partial charge >= 0.3 is 0 Å². The Morgan fingerprint density at radius 1 is 1.25 bits per heavy atom. The van der Waals surface area contributed by atoms with Crippen molar-refractivity contribution in [2.45, 2.75) is 37.6 Å². The first-order valence-electron chi connectivity index (χ1n) is 7.83. The predicted molar refractivity (Wildman–Crippen MR) is 83.3 cm³/mol. The molecule has 24 heavy (non-hydrogen) atoms. The van der Waals surface area contributed by atoms with Crippen LogP contribution < -0.4 is 5.32 Å². The maximum atomic E-state index is 13.2. The zero-order valence-corrected chi connectivity index (χ0v) is 13.2. The number of halogens is 3. The molecule has 1 aromatic heterocycles. The van der Waals surface area contributed by atoms with E-state index < -0.39 is 5.92 Å². The third-order valence-electron chi connectivity index (χ3n) is 4.30. The molecule has 1 saturated carbocycles. The van der Waals surface area contributed by atoms with Crippen molar-refractivity contribution in [2.24, 2.45) is 7.05 Å². The van der Waals surface area contributed by atoms with Crippen molar-refractivity contribution in [3.05, 3.63) is 41.8 Å². The van der Waals surface area contributed by atoms with E-state index in [1.165, 1.54) is 16.8 Å². The van der Waals surface area contributed by atoms with Crippen LogP contribution in [0.2, 0.25) is 0 Å². The Balaban J connectivity index is 1.70. The highest BCUT2D eigenvalue weighted by atomic mass is 19.3. The fourth-order valence-corrected chi connectivity index (χ4v) is 2.89. The fraction of sp³-hybridized carbons (Fsp3) is 0.412. The summed E-state index contributed by atoms with van der Waals surface area (Å²) in [6.45, 7) is 0. The van der Waals surface area contributed by atoms with Gasteiger partial charge in [-0.1, -0.05) is 0 Å². The Hall–Kier alpha value is -2.31. The normalized spacial score (nSPS) is 17.7. The zero-order chi connectivity index (χ0) is 17.3. The third kappa shape index (κ3) is 3.60. The molecule has 4 nitrogen and oxygen atoms in total. The lowest BCUT2D eigenvalue weighted by Gasteiger charge is -2.28. The molecule has 7 heteroatoms. The van der Waals surface area contributed by atoms with E-state index in [0.29, 0.717) is 17.0 Å². The number of hydrogen-bond acceptors (Lipinski definition) is 2. The largest absolute Gasteiger partial charge is 0.348 e. The molecule has 1 aliphatic rings. The van der Waals surface area contributed by atoms with Gasteiger partial charge in [-0.2, -0.15) is 5.10 Å². The van der Waals surface area contributed by atoms with Crippen LogP contribution in [0.4, 0.5) is 13.2 Å². The average molecular weight is 337 g/mol. The van der Waals surface area contributed by atoms with Crippen LogP contribution in [0.1, 0.15) is 36.2 Å². The van der Waals surface area contributed by atoms with Crippen LogP contribution in [0.15, 0.2) is 30.3 Å². The maximum absolute atomic E-state index is 13.2. The van der Waals surface area contributed by atoms with Crippen LogP contribution in [0.25, 0.3) is 11.3 Å². The van der Waals surface area contributed by atoms with Crippen LogP contribution in [0, 0.1) is 5.82 Å². The number of aromatic nitrogens is 2.